The number of hydroxylamine groups is 1. The summed E-state index contributed by atoms with van der Waals surface area (Å²) in [5.74, 6) is -0.182. The number of carbonyl (C=O) groups excluding carboxylic acids is 1. The van der Waals surface area contributed by atoms with Crippen molar-refractivity contribution in [3.63, 3.8) is 0 Å². The van der Waals surface area contributed by atoms with E-state index < -0.39 is 0 Å². The van der Waals surface area contributed by atoms with Crippen LogP contribution in [0.2, 0.25) is 0 Å². The second kappa shape index (κ2) is 4.94. The highest BCUT2D eigenvalue weighted by Gasteiger charge is 2.20. The Hall–Kier alpha value is -1.35. The third-order valence-corrected chi connectivity index (χ3v) is 2.20. The van der Waals surface area contributed by atoms with Crippen LogP contribution >= 0.6 is 0 Å². The molecule has 82 valence electrons. The van der Waals surface area contributed by atoms with Gasteiger partial charge in [-0.3, -0.25) is 9.63 Å². The molecule has 0 aliphatic heterocycles. The van der Waals surface area contributed by atoms with Crippen molar-refractivity contribution in [1.29, 1.82) is 0 Å². The van der Waals surface area contributed by atoms with Gasteiger partial charge in [0.15, 0.2) is 0 Å². The van der Waals surface area contributed by atoms with E-state index in [1.54, 1.807) is 0 Å². The first-order valence-electron chi connectivity index (χ1n) is 4.96. The molecule has 0 bridgehead atoms. The van der Waals surface area contributed by atoms with E-state index in [1.807, 2.05) is 18.2 Å². The van der Waals surface area contributed by atoms with Crippen LogP contribution in [0, 0.1) is 0 Å². The molecule has 1 aromatic carbocycles. The molecule has 0 saturated heterocycles. The summed E-state index contributed by atoms with van der Waals surface area (Å²) in [5, 5.41) is 0. The largest absolute Gasteiger partial charge is 0.273 e. The van der Waals surface area contributed by atoms with Gasteiger partial charge in [0.25, 0.3) is 0 Å². The Morgan fingerprint density at radius 2 is 1.93 bits per heavy atom. The van der Waals surface area contributed by atoms with Crippen LogP contribution in [0.3, 0.4) is 0 Å². The third-order valence-electron chi connectivity index (χ3n) is 2.20. The van der Waals surface area contributed by atoms with Gasteiger partial charge in [-0.25, -0.2) is 5.48 Å². The maximum atomic E-state index is 10.6. The summed E-state index contributed by atoms with van der Waals surface area (Å²) in [6, 6.07) is 10.1. The second-order valence-electron chi connectivity index (χ2n) is 4.20. The molecule has 1 N–H and O–H groups in total. The van der Waals surface area contributed by atoms with Crippen LogP contribution in [0.1, 0.15) is 26.3 Å². The number of amides is 1. The van der Waals surface area contributed by atoms with E-state index in [-0.39, 0.29) is 11.3 Å². The lowest BCUT2D eigenvalue weighted by Crippen LogP contribution is -2.30. The van der Waals surface area contributed by atoms with Crippen LogP contribution in [0.25, 0.3) is 0 Å². The number of hydrogen-bond donors (Lipinski definition) is 1. The molecule has 1 aromatic rings. The smallest absolute Gasteiger partial charge is 0.240 e. The lowest BCUT2D eigenvalue weighted by atomic mass is 9.86. The van der Waals surface area contributed by atoms with Gasteiger partial charge in [0.2, 0.25) is 5.91 Å². The fraction of sp³-hybridized carbons (Fsp3) is 0.417. The van der Waals surface area contributed by atoms with Crippen molar-refractivity contribution in [3.05, 3.63) is 35.9 Å². The summed E-state index contributed by atoms with van der Waals surface area (Å²) in [6.45, 7) is 6.03. The molecule has 0 unspecified atom stereocenters. The summed E-state index contributed by atoms with van der Waals surface area (Å²) < 4.78 is 0. The van der Waals surface area contributed by atoms with Gasteiger partial charge in [0.05, 0.1) is 6.61 Å². The predicted octanol–water partition coefficient (Wildman–Crippen LogP) is 2.03. The Morgan fingerprint density at radius 3 is 2.47 bits per heavy atom. The van der Waals surface area contributed by atoms with Crippen LogP contribution in [-0.2, 0) is 15.0 Å². The number of hydrogen-bond acceptors (Lipinski definition) is 2. The summed E-state index contributed by atoms with van der Waals surface area (Å²) >= 11 is 0. The summed E-state index contributed by atoms with van der Waals surface area (Å²) in [7, 11) is 0. The number of rotatable bonds is 4. The molecular weight excluding hydrogens is 190 g/mol. The monoisotopic (exact) mass is 207 g/mol. The minimum atomic E-state index is -0.182. The van der Waals surface area contributed by atoms with Gasteiger partial charge in [-0.2, -0.15) is 0 Å². The highest BCUT2D eigenvalue weighted by atomic mass is 16.7. The number of nitrogens with one attached hydrogen (secondary N) is 1. The van der Waals surface area contributed by atoms with Gasteiger partial charge >= 0.3 is 0 Å². The molecule has 0 fully saturated rings. The molecule has 1 amide bonds. The zero-order valence-electron chi connectivity index (χ0n) is 9.41. The Labute approximate surface area is 90.4 Å². The number of carbonyl (C=O) groups is 1. The van der Waals surface area contributed by atoms with Crippen molar-refractivity contribution >= 4 is 5.91 Å². The van der Waals surface area contributed by atoms with Crippen molar-refractivity contribution < 1.29 is 9.63 Å². The Kier molecular flexibility index (Phi) is 3.86. The Balaban J connectivity index is 2.56. The normalized spacial score (nSPS) is 11.1. The molecule has 0 aliphatic carbocycles. The van der Waals surface area contributed by atoms with Crippen molar-refractivity contribution in [2.45, 2.75) is 26.2 Å². The van der Waals surface area contributed by atoms with Crippen LogP contribution in [-0.4, -0.2) is 12.5 Å². The maximum Gasteiger partial charge on any atom is 0.240 e. The van der Waals surface area contributed by atoms with E-state index in [9.17, 15) is 4.79 Å². The molecule has 0 spiro atoms. The fourth-order valence-corrected chi connectivity index (χ4v) is 1.29. The molecule has 0 aliphatic rings. The Morgan fingerprint density at radius 1 is 1.33 bits per heavy atom. The average Bonchev–Trinajstić information content (AvgIpc) is 2.18. The topological polar surface area (TPSA) is 38.3 Å². The second-order valence-corrected chi connectivity index (χ2v) is 4.20. The van der Waals surface area contributed by atoms with E-state index in [1.165, 1.54) is 12.5 Å². The first-order chi connectivity index (χ1) is 7.02. The summed E-state index contributed by atoms with van der Waals surface area (Å²) in [4.78, 5) is 15.7. The van der Waals surface area contributed by atoms with Gasteiger partial charge in [-0.05, 0) is 5.56 Å². The summed E-state index contributed by atoms with van der Waals surface area (Å²) in [6.07, 6.45) is 0. The van der Waals surface area contributed by atoms with E-state index in [0.29, 0.717) is 6.61 Å². The van der Waals surface area contributed by atoms with Crippen molar-refractivity contribution in [1.82, 2.24) is 5.48 Å². The Bertz CT molecular complexity index is 320. The minimum Gasteiger partial charge on any atom is -0.273 e. The standard InChI is InChI=1S/C12H17NO2/c1-10(14)13-15-9-12(2,3)11-7-5-4-6-8-11/h4-8H,9H2,1-3H3,(H,13,14). The number of benzene rings is 1. The molecule has 3 nitrogen and oxygen atoms in total. The lowest BCUT2D eigenvalue weighted by Gasteiger charge is -2.24. The zero-order chi connectivity index (χ0) is 11.3. The van der Waals surface area contributed by atoms with Crippen LogP contribution in [0.4, 0.5) is 0 Å². The lowest BCUT2D eigenvalue weighted by molar-refractivity contribution is -0.132. The van der Waals surface area contributed by atoms with E-state index >= 15 is 0 Å². The molecule has 0 radical (unpaired) electrons. The van der Waals surface area contributed by atoms with Gasteiger partial charge in [-0.15, -0.1) is 0 Å². The van der Waals surface area contributed by atoms with Crippen molar-refractivity contribution in [3.8, 4) is 0 Å². The predicted molar refractivity (Wildman–Crippen MR) is 59.2 cm³/mol. The SMILES string of the molecule is CC(=O)NOCC(C)(C)c1ccccc1. The quantitative estimate of drug-likeness (QED) is 0.767. The average molecular weight is 207 g/mol. The van der Waals surface area contributed by atoms with Gasteiger partial charge < -0.3 is 0 Å². The molecular formula is C12H17NO2. The maximum absolute atomic E-state index is 10.6. The zero-order valence-corrected chi connectivity index (χ0v) is 9.41. The molecule has 0 saturated carbocycles. The third kappa shape index (κ3) is 3.72. The van der Waals surface area contributed by atoms with Gasteiger partial charge in [-0.1, -0.05) is 44.2 Å². The highest BCUT2D eigenvalue weighted by molar-refractivity contribution is 5.71. The highest BCUT2D eigenvalue weighted by Crippen LogP contribution is 2.22. The van der Waals surface area contributed by atoms with Gasteiger partial charge in [0.1, 0.15) is 0 Å². The van der Waals surface area contributed by atoms with Crippen LogP contribution < -0.4 is 5.48 Å². The molecule has 0 atom stereocenters. The first kappa shape index (κ1) is 11.7. The molecule has 0 aromatic heterocycles. The van der Waals surface area contributed by atoms with E-state index in [4.69, 9.17) is 4.84 Å². The first-order valence-corrected chi connectivity index (χ1v) is 4.96. The van der Waals surface area contributed by atoms with Crippen molar-refractivity contribution in [2.75, 3.05) is 6.61 Å². The van der Waals surface area contributed by atoms with Crippen LogP contribution in [0.5, 0.6) is 0 Å². The molecule has 15 heavy (non-hydrogen) atoms. The van der Waals surface area contributed by atoms with Crippen molar-refractivity contribution in [2.24, 2.45) is 0 Å². The molecule has 1 rings (SSSR count). The van der Waals surface area contributed by atoms with Gasteiger partial charge in [0, 0.05) is 12.3 Å². The van der Waals surface area contributed by atoms with Crippen LogP contribution in [0.15, 0.2) is 30.3 Å². The molecule has 0 heterocycles. The molecule has 3 heteroatoms. The fourth-order valence-electron chi connectivity index (χ4n) is 1.29. The summed E-state index contributed by atoms with van der Waals surface area (Å²) in [5.41, 5.74) is 3.42. The van der Waals surface area contributed by atoms with E-state index in [2.05, 4.69) is 31.5 Å². The minimum absolute atomic E-state index is 0.107. The van der Waals surface area contributed by atoms with E-state index in [0.717, 1.165) is 0 Å².